The Labute approximate surface area is 128 Å². The highest BCUT2D eigenvalue weighted by Gasteiger charge is 2.23. The molecule has 1 unspecified atom stereocenters. The first-order chi connectivity index (χ1) is 9.70. The average molecular weight is 310 g/mol. The van der Waals surface area contributed by atoms with Gasteiger partial charge in [-0.05, 0) is 48.9 Å². The summed E-state index contributed by atoms with van der Waals surface area (Å²) in [6.07, 6.45) is 2.15. The van der Waals surface area contributed by atoms with Gasteiger partial charge in [0, 0.05) is 12.6 Å². The van der Waals surface area contributed by atoms with E-state index < -0.39 is 10.0 Å². The molecule has 0 bridgehead atoms. The summed E-state index contributed by atoms with van der Waals surface area (Å²) >= 11 is 0. The second-order valence-electron chi connectivity index (χ2n) is 6.88. The molecule has 1 atom stereocenters. The number of sulfonamides is 1. The van der Waals surface area contributed by atoms with Gasteiger partial charge in [-0.3, -0.25) is 0 Å². The van der Waals surface area contributed by atoms with Gasteiger partial charge in [0.1, 0.15) is 0 Å². The van der Waals surface area contributed by atoms with Crippen LogP contribution in [0.25, 0.3) is 0 Å². The Morgan fingerprint density at radius 1 is 1.33 bits per heavy atom. The van der Waals surface area contributed by atoms with Gasteiger partial charge in [-0.15, -0.1) is 0 Å². The predicted molar refractivity (Wildman–Crippen MR) is 86.1 cm³/mol. The zero-order valence-electron chi connectivity index (χ0n) is 13.4. The van der Waals surface area contributed by atoms with E-state index >= 15 is 0 Å². The fraction of sp³-hybridized carbons (Fsp3) is 0.625. The largest absolute Gasteiger partial charge is 0.313 e. The third-order valence-corrected chi connectivity index (χ3v) is 5.59. The molecule has 2 rings (SSSR count). The molecule has 1 aromatic carbocycles. The fourth-order valence-corrected chi connectivity index (χ4v) is 3.93. The summed E-state index contributed by atoms with van der Waals surface area (Å²) in [4.78, 5) is 0.396. The molecule has 0 aromatic heterocycles. The normalized spacial score (nSPS) is 19.9. The Balaban J connectivity index is 2.22. The lowest BCUT2D eigenvalue weighted by atomic mass is 9.87. The molecule has 1 aliphatic heterocycles. The highest BCUT2D eigenvalue weighted by Crippen LogP contribution is 2.26. The van der Waals surface area contributed by atoms with Crippen molar-refractivity contribution < 1.29 is 8.42 Å². The zero-order chi connectivity index (χ0) is 15.7. The lowest BCUT2D eigenvalue weighted by Gasteiger charge is -2.21. The second kappa shape index (κ2) is 6.07. The molecule has 4 nitrogen and oxygen atoms in total. The summed E-state index contributed by atoms with van der Waals surface area (Å²) in [6.45, 7) is 9.54. The van der Waals surface area contributed by atoms with Crippen LogP contribution in [0.1, 0.15) is 44.7 Å². The molecular weight excluding hydrogens is 284 g/mol. The van der Waals surface area contributed by atoms with Crippen LogP contribution in [0.4, 0.5) is 0 Å². The van der Waals surface area contributed by atoms with Gasteiger partial charge in [0.05, 0.1) is 4.90 Å². The maximum absolute atomic E-state index is 12.6. The molecular formula is C16H26N2O2S. The van der Waals surface area contributed by atoms with E-state index in [1.807, 2.05) is 19.1 Å². The molecule has 118 valence electrons. The molecule has 0 aliphatic carbocycles. The first-order valence-corrected chi connectivity index (χ1v) is 9.03. The first-order valence-electron chi connectivity index (χ1n) is 7.54. The van der Waals surface area contributed by atoms with Crippen LogP contribution < -0.4 is 10.0 Å². The molecule has 21 heavy (non-hydrogen) atoms. The average Bonchev–Trinajstić information content (AvgIpc) is 2.88. The summed E-state index contributed by atoms with van der Waals surface area (Å²) in [5.74, 6) is 0. The van der Waals surface area contributed by atoms with Crippen molar-refractivity contribution in [3.8, 4) is 0 Å². The van der Waals surface area contributed by atoms with Crippen molar-refractivity contribution in [2.75, 3.05) is 13.1 Å². The van der Waals surface area contributed by atoms with E-state index in [9.17, 15) is 8.42 Å². The zero-order valence-corrected chi connectivity index (χ0v) is 14.2. The number of hydrogen-bond acceptors (Lipinski definition) is 3. The van der Waals surface area contributed by atoms with Crippen molar-refractivity contribution in [1.29, 1.82) is 0 Å². The summed E-state index contributed by atoms with van der Waals surface area (Å²) in [5, 5.41) is 3.30. The third kappa shape index (κ3) is 4.05. The summed E-state index contributed by atoms with van der Waals surface area (Å²) in [7, 11) is -3.45. The van der Waals surface area contributed by atoms with Crippen LogP contribution in [0.3, 0.4) is 0 Å². The maximum Gasteiger partial charge on any atom is 0.240 e. The Kier molecular flexibility index (Phi) is 4.76. The third-order valence-electron chi connectivity index (χ3n) is 4.03. The van der Waals surface area contributed by atoms with Crippen LogP contribution in [-0.2, 0) is 15.4 Å². The van der Waals surface area contributed by atoms with E-state index in [2.05, 4.69) is 30.8 Å². The molecule has 1 aromatic rings. The molecule has 0 spiro atoms. The fourth-order valence-electron chi connectivity index (χ4n) is 2.58. The first kappa shape index (κ1) is 16.5. The summed E-state index contributed by atoms with van der Waals surface area (Å²) < 4.78 is 27.8. The molecule has 1 aliphatic rings. The van der Waals surface area contributed by atoms with E-state index in [0.717, 1.165) is 30.5 Å². The van der Waals surface area contributed by atoms with Crippen LogP contribution in [0.2, 0.25) is 0 Å². The Bertz CT molecular complexity index is 597. The lowest BCUT2D eigenvalue weighted by molar-refractivity contribution is 0.550. The topological polar surface area (TPSA) is 58.2 Å². The number of rotatable bonds is 4. The molecule has 1 fully saturated rings. The predicted octanol–water partition coefficient (Wildman–Crippen LogP) is 2.32. The number of aryl methyl sites for hydroxylation is 1. The van der Waals surface area contributed by atoms with Crippen molar-refractivity contribution in [3.63, 3.8) is 0 Å². The van der Waals surface area contributed by atoms with E-state index in [4.69, 9.17) is 0 Å². The van der Waals surface area contributed by atoms with Crippen LogP contribution in [0.15, 0.2) is 23.1 Å². The van der Waals surface area contributed by atoms with Crippen molar-refractivity contribution in [2.24, 2.45) is 0 Å². The maximum atomic E-state index is 12.6. The van der Waals surface area contributed by atoms with Crippen molar-refractivity contribution in [3.05, 3.63) is 29.3 Å². The van der Waals surface area contributed by atoms with Gasteiger partial charge in [0.2, 0.25) is 10.0 Å². The molecule has 1 saturated heterocycles. The van der Waals surface area contributed by atoms with E-state index in [1.165, 1.54) is 0 Å². The standard InChI is InChI=1S/C16H26N2O2S/c1-12-7-8-13(16(2,3)4)10-15(12)21(19,20)18-11-14-6-5-9-17-14/h7-8,10,14,17-18H,5-6,9,11H2,1-4H3. The highest BCUT2D eigenvalue weighted by molar-refractivity contribution is 7.89. The van der Waals surface area contributed by atoms with Gasteiger partial charge in [-0.2, -0.15) is 0 Å². The molecule has 0 amide bonds. The van der Waals surface area contributed by atoms with Crippen LogP contribution in [0.5, 0.6) is 0 Å². The molecule has 2 N–H and O–H groups in total. The quantitative estimate of drug-likeness (QED) is 0.897. The minimum Gasteiger partial charge on any atom is -0.313 e. The SMILES string of the molecule is Cc1ccc(C(C)(C)C)cc1S(=O)(=O)NCC1CCCN1. The van der Waals surface area contributed by atoms with Gasteiger partial charge in [0.25, 0.3) is 0 Å². The minimum absolute atomic E-state index is 0.0645. The van der Waals surface area contributed by atoms with Gasteiger partial charge in [0.15, 0.2) is 0 Å². The Hall–Kier alpha value is -0.910. The summed E-state index contributed by atoms with van der Waals surface area (Å²) in [6, 6.07) is 5.96. The van der Waals surface area contributed by atoms with E-state index in [-0.39, 0.29) is 11.5 Å². The Morgan fingerprint density at radius 2 is 2.05 bits per heavy atom. The summed E-state index contributed by atoms with van der Waals surface area (Å²) in [5.41, 5.74) is 1.76. The van der Waals surface area contributed by atoms with Gasteiger partial charge in [-0.1, -0.05) is 32.9 Å². The van der Waals surface area contributed by atoms with Crippen molar-refractivity contribution in [2.45, 2.75) is 56.9 Å². The van der Waals surface area contributed by atoms with Gasteiger partial charge in [-0.25, -0.2) is 13.1 Å². The monoisotopic (exact) mass is 310 g/mol. The van der Waals surface area contributed by atoms with Gasteiger partial charge < -0.3 is 5.32 Å². The number of hydrogen-bond donors (Lipinski definition) is 2. The van der Waals surface area contributed by atoms with Gasteiger partial charge >= 0.3 is 0 Å². The van der Waals surface area contributed by atoms with Crippen molar-refractivity contribution in [1.82, 2.24) is 10.0 Å². The van der Waals surface area contributed by atoms with E-state index in [1.54, 1.807) is 6.07 Å². The smallest absolute Gasteiger partial charge is 0.240 e. The highest BCUT2D eigenvalue weighted by atomic mass is 32.2. The minimum atomic E-state index is -3.45. The number of benzene rings is 1. The van der Waals surface area contributed by atoms with Crippen LogP contribution in [0, 0.1) is 6.92 Å². The number of nitrogens with one attached hydrogen (secondary N) is 2. The molecule has 5 heteroatoms. The second-order valence-corrected chi connectivity index (χ2v) is 8.61. The molecule has 0 radical (unpaired) electrons. The van der Waals surface area contributed by atoms with E-state index in [0.29, 0.717) is 11.4 Å². The van der Waals surface area contributed by atoms with Crippen molar-refractivity contribution >= 4 is 10.0 Å². The van der Waals surface area contributed by atoms with Crippen LogP contribution >= 0.6 is 0 Å². The Morgan fingerprint density at radius 3 is 2.62 bits per heavy atom. The molecule has 1 heterocycles. The molecule has 0 saturated carbocycles. The van der Waals surface area contributed by atoms with Crippen LogP contribution in [-0.4, -0.2) is 27.5 Å². The lowest BCUT2D eigenvalue weighted by Crippen LogP contribution is -2.37.